The van der Waals surface area contributed by atoms with E-state index in [0.29, 0.717) is 0 Å². The van der Waals surface area contributed by atoms with Crippen LogP contribution in [-0.4, -0.2) is 15.3 Å². The number of hydrogen-bond acceptors (Lipinski definition) is 3. The highest BCUT2D eigenvalue weighted by molar-refractivity contribution is 9.10. The van der Waals surface area contributed by atoms with Gasteiger partial charge in [-0.15, -0.1) is 0 Å². The van der Waals surface area contributed by atoms with Gasteiger partial charge in [0.05, 0.1) is 5.69 Å². The number of anilines is 2. The molecule has 0 bridgehead atoms. The Morgan fingerprint density at radius 2 is 1.48 bits per heavy atom. The number of benzene rings is 3. The fourth-order valence-electron chi connectivity index (χ4n) is 2.94. The zero-order valence-corrected chi connectivity index (χ0v) is 16.3. The minimum absolute atomic E-state index is 0.256. The largest absolute Gasteiger partial charge is 0.508 e. The quantitative estimate of drug-likeness (QED) is 0.342. The number of hydrogen-bond donors (Lipinski definition) is 3. The van der Waals surface area contributed by atoms with E-state index in [0.717, 1.165) is 32.8 Å². The summed E-state index contributed by atoms with van der Waals surface area (Å²) in [6.07, 6.45) is 0. The first-order chi connectivity index (χ1) is 13.1. The molecule has 0 saturated heterocycles. The monoisotopic (exact) mass is 419 g/mol. The summed E-state index contributed by atoms with van der Waals surface area (Å²) < 4.78 is 1.07. The van der Waals surface area contributed by atoms with Crippen molar-refractivity contribution < 1.29 is 5.11 Å². The van der Waals surface area contributed by atoms with Crippen LogP contribution >= 0.6 is 15.9 Å². The van der Waals surface area contributed by atoms with Crippen molar-refractivity contribution in [3.63, 3.8) is 0 Å². The summed E-state index contributed by atoms with van der Waals surface area (Å²) >= 11 is 3.46. The second-order valence-electron chi connectivity index (χ2n) is 6.38. The fourth-order valence-corrected chi connectivity index (χ4v) is 3.21. The van der Waals surface area contributed by atoms with E-state index in [4.69, 9.17) is 0 Å². The van der Waals surface area contributed by atoms with Gasteiger partial charge in [-0.25, -0.2) is 0 Å². The van der Waals surface area contributed by atoms with Crippen LogP contribution in [0.2, 0.25) is 0 Å². The van der Waals surface area contributed by atoms with Crippen LogP contribution in [0.5, 0.6) is 5.75 Å². The summed E-state index contributed by atoms with van der Waals surface area (Å²) in [7, 11) is 0. The predicted molar refractivity (Wildman–Crippen MR) is 113 cm³/mol. The summed E-state index contributed by atoms with van der Waals surface area (Å²) in [5.41, 5.74) is 6.23. The third-order valence-electron chi connectivity index (χ3n) is 4.42. The van der Waals surface area contributed by atoms with Crippen LogP contribution in [0.1, 0.15) is 5.56 Å². The maximum atomic E-state index is 9.52. The van der Waals surface area contributed by atoms with Crippen LogP contribution in [0.25, 0.3) is 22.4 Å². The Balaban J connectivity index is 1.53. The zero-order chi connectivity index (χ0) is 18.8. The minimum Gasteiger partial charge on any atom is -0.508 e. The van der Waals surface area contributed by atoms with Crippen molar-refractivity contribution in [2.24, 2.45) is 0 Å². The van der Waals surface area contributed by atoms with Crippen LogP contribution in [0, 0.1) is 6.92 Å². The van der Waals surface area contributed by atoms with Gasteiger partial charge >= 0.3 is 0 Å². The van der Waals surface area contributed by atoms with Gasteiger partial charge in [0.1, 0.15) is 5.75 Å². The van der Waals surface area contributed by atoms with Crippen molar-refractivity contribution in [1.82, 2.24) is 10.2 Å². The van der Waals surface area contributed by atoms with Gasteiger partial charge in [-0.1, -0.05) is 52.3 Å². The first kappa shape index (κ1) is 17.4. The van der Waals surface area contributed by atoms with Crippen molar-refractivity contribution in [3.05, 3.63) is 82.8 Å². The van der Waals surface area contributed by atoms with Crippen molar-refractivity contribution in [3.8, 4) is 28.1 Å². The molecule has 0 spiro atoms. The standard InChI is InChI=1S/C22H18BrN3O/c1-14-12-19(27)10-11-20(14)24-22-13-21(25-26-22)17-4-2-15(3-5-17)16-6-8-18(23)9-7-16/h2-13,27H,1H3,(H2,24,25,26). The summed E-state index contributed by atoms with van der Waals surface area (Å²) in [5, 5.41) is 20.2. The molecule has 4 aromatic rings. The lowest BCUT2D eigenvalue weighted by atomic mass is 10.0. The number of aromatic hydroxyl groups is 1. The number of rotatable bonds is 4. The number of aromatic nitrogens is 2. The third kappa shape index (κ3) is 3.88. The maximum absolute atomic E-state index is 9.52. The van der Waals surface area contributed by atoms with Gasteiger partial charge in [0.15, 0.2) is 5.82 Å². The molecule has 1 heterocycles. The number of aromatic amines is 1. The molecular formula is C22H18BrN3O. The second kappa shape index (κ2) is 7.29. The molecule has 0 unspecified atom stereocenters. The molecule has 0 amide bonds. The molecule has 1 aromatic heterocycles. The Labute approximate surface area is 166 Å². The average Bonchev–Trinajstić information content (AvgIpc) is 3.13. The zero-order valence-electron chi connectivity index (χ0n) is 14.7. The topological polar surface area (TPSA) is 60.9 Å². The molecule has 4 rings (SSSR count). The summed E-state index contributed by atoms with van der Waals surface area (Å²) in [5.74, 6) is 0.988. The first-order valence-electron chi connectivity index (χ1n) is 8.57. The van der Waals surface area contributed by atoms with E-state index in [1.54, 1.807) is 12.1 Å². The number of phenolic OH excluding ortho intramolecular Hbond substituents is 1. The molecule has 134 valence electrons. The van der Waals surface area contributed by atoms with Crippen molar-refractivity contribution in [2.45, 2.75) is 6.92 Å². The second-order valence-corrected chi connectivity index (χ2v) is 7.29. The fraction of sp³-hybridized carbons (Fsp3) is 0.0455. The Hall–Kier alpha value is -3.05. The highest BCUT2D eigenvalue weighted by Gasteiger charge is 2.07. The molecule has 0 atom stereocenters. The Morgan fingerprint density at radius 1 is 0.852 bits per heavy atom. The van der Waals surface area contributed by atoms with Gasteiger partial charge in [0.2, 0.25) is 0 Å². The third-order valence-corrected chi connectivity index (χ3v) is 4.95. The van der Waals surface area contributed by atoms with E-state index >= 15 is 0 Å². The van der Waals surface area contributed by atoms with Gasteiger partial charge in [0, 0.05) is 16.2 Å². The molecule has 0 aliphatic carbocycles. The molecule has 4 nitrogen and oxygen atoms in total. The number of H-pyrrole nitrogens is 1. The van der Waals surface area contributed by atoms with E-state index in [2.05, 4.69) is 67.8 Å². The Morgan fingerprint density at radius 3 is 2.15 bits per heavy atom. The summed E-state index contributed by atoms with van der Waals surface area (Å²) in [6, 6.07) is 23.8. The van der Waals surface area contributed by atoms with Crippen LogP contribution in [-0.2, 0) is 0 Å². The highest BCUT2D eigenvalue weighted by atomic mass is 79.9. The van der Waals surface area contributed by atoms with Gasteiger partial charge in [-0.2, -0.15) is 5.10 Å². The maximum Gasteiger partial charge on any atom is 0.152 e. The summed E-state index contributed by atoms with van der Waals surface area (Å²) in [4.78, 5) is 0. The lowest BCUT2D eigenvalue weighted by Gasteiger charge is -2.06. The van der Waals surface area contributed by atoms with Crippen LogP contribution < -0.4 is 5.32 Å². The highest BCUT2D eigenvalue weighted by Crippen LogP contribution is 2.28. The molecule has 3 N–H and O–H groups in total. The van der Waals surface area contributed by atoms with Gasteiger partial charge in [0.25, 0.3) is 0 Å². The lowest BCUT2D eigenvalue weighted by Crippen LogP contribution is -1.92. The predicted octanol–water partition coefficient (Wildman–Crippen LogP) is 6.26. The summed E-state index contributed by atoms with van der Waals surface area (Å²) in [6.45, 7) is 1.94. The number of halogens is 1. The van der Waals surface area contributed by atoms with Crippen molar-refractivity contribution in [2.75, 3.05) is 5.32 Å². The Kier molecular flexibility index (Phi) is 4.69. The lowest BCUT2D eigenvalue weighted by molar-refractivity contribution is 0.475. The van der Waals surface area contributed by atoms with Gasteiger partial charge < -0.3 is 10.4 Å². The normalized spacial score (nSPS) is 10.7. The molecule has 0 aliphatic heterocycles. The van der Waals surface area contributed by atoms with E-state index < -0.39 is 0 Å². The smallest absolute Gasteiger partial charge is 0.152 e. The van der Waals surface area contributed by atoms with Crippen molar-refractivity contribution in [1.29, 1.82) is 0 Å². The number of phenols is 1. The van der Waals surface area contributed by atoms with Crippen LogP contribution in [0.3, 0.4) is 0 Å². The van der Waals surface area contributed by atoms with Crippen molar-refractivity contribution >= 4 is 27.4 Å². The first-order valence-corrected chi connectivity index (χ1v) is 9.36. The molecule has 0 aliphatic rings. The molecule has 0 fully saturated rings. The van der Waals surface area contributed by atoms with E-state index in [-0.39, 0.29) is 5.75 Å². The van der Waals surface area contributed by atoms with E-state index in [1.807, 2.05) is 31.2 Å². The molecule has 0 radical (unpaired) electrons. The van der Waals surface area contributed by atoms with Gasteiger partial charge in [-0.05, 0) is 59.5 Å². The molecular weight excluding hydrogens is 402 g/mol. The SMILES string of the molecule is Cc1cc(O)ccc1Nc1cc(-c2ccc(-c3ccc(Br)cc3)cc2)[nH]n1. The average molecular weight is 420 g/mol. The molecule has 5 heteroatoms. The molecule has 27 heavy (non-hydrogen) atoms. The van der Waals surface area contributed by atoms with Gasteiger partial charge in [-0.3, -0.25) is 5.10 Å². The van der Waals surface area contributed by atoms with E-state index in [9.17, 15) is 5.11 Å². The molecule has 3 aromatic carbocycles. The van der Waals surface area contributed by atoms with Crippen LogP contribution in [0.15, 0.2) is 77.3 Å². The van der Waals surface area contributed by atoms with Crippen LogP contribution in [0.4, 0.5) is 11.5 Å². The minimum atomic E-state index is 0.256. The Bertz CT molecular complexity index is 1070. The number of nitrogens with zero attached hydrogens (tertiary/aromatic N) is 1. The molecule has 0 saturated carbocycles. The number of aryl methyl sites for hydroxylation is 1. The van der Waals surface area contributed by atoms with E-state index in [1.165, 1.54) is 11.1 Å². The number of nitrogens with one attached hydrogen (secondary N) is 2.